The Bertz CT molecular complexity index is 681. The predicted molar refractivity (Wildman–Crippen MR) is 85.5 cm³/mol. The predicted octanol–water partition coefficient (Wildman–Crippen LogP) is 1.29. The molecule has 0 bridgehead atoms. The molecule has 0 aromatic heterocycles. The normalized spacial score (nSPS) is 16.2. The number of sulfonamides is 1. The highest BCUT2D eigenvalue weighted by Gasteiger charge is 2.25. The Morgan fingerprint density at radius 1 is 1.09 bits per heavy atom. The first-order chi connectivity index (χ1) is 10.5. The first-order valence-corrected chi connectivity index (χ1v) is 9.28. The van der Waals surface area contributed by atoms with Gasteiger partial charge in [0.05, 0.1) is 0 Å². The number of carbonyl (C=O) groups is 1. The van der Waals surface area contributed by atoms with Crippen LogP contribution in [-0.2, 0) is 35.7 Å². The van der Waals surface area contributed by atoms with Crippen LogP contribution in [-0.4, -0.2) is 27.4 Å². The van der Waals surface area contributed by atoms with Crippen LogP contribution >= 0.6 is 0 Å². The van der Waals surface area contributed by atoms with E-state index in [1.54, 1.807) is 0 Å². The molecule has 0 atom stereocenters. The average Bonchev–Trinajstić information content (AvgIpc) is 3.05. The number of fused-ring (bicyclic) bond motifs is 2. The van der Waals surface area contributed by atoms with Gasteiger partial charge < -0.3 is 10.6 Å². The maximum absolute atomic E-state index is 12.1. The lowest BCUT2D eigenvalue weighted by Gasteiger charge is -2.16. The summed E-state index contributed by atoms with van der Waals surface area (Å²) >= 11 is 0. The Labute approximate surface area is 130 Å². The van der Waals surface area contributed by atoms with Gasteiger partial charge in [0, 0.05) is 5.69 Å². The van der Waals surface area contributed by atoms with Crippen LogP contribution in [0.5, 0.6) is 0 Å². The first kappa shape index (κ1) is 15.3. The number of hydrogen-bond acceptors (Lipinski definition) is 4. The third-order valence-corrected chi connectivity index (χ3v) is 5.46. The van der Waals surface area contributed by atoms with Crippen LogP contribution in [0.1, 0.15) is 35.1 Å². The lowest BCUT2D eigenvalue weighted by atomic mass is 9.99. The van der Waals surface area contributed by atoms with Crippen molar-refractivity contribution >= 4 is 21.7 Å². The Hall–Kier alpha value is -1.60. The van der Waals surface area contributed by atoms with Gasteiger partial charge in [-0.1, -0.05) is 6.07 Å². The van der Waals surface area contributed by atoms with Crippen molar-refractivity contribution < 1.29 is 13.2 Å². The minimum Gasteiger partial charge on any atom is -0.307 e. The van der Waals surface area contributed by atoms with E-state index in [4.69, 9.17) is 0 Å². The second kappa shape index (κ2) is 5.89. The molecule has 3 rings (SSSR count). The van der Waals surface area contributed by atoms with Crippen molar-refractivity contribution in [1.82, 2.24) is 10.0 Å². The number of benzene rings is 1. The highest BCUT2D eigenvalue weighted by atomic mass is 32.2. The van der Waals surface area contributed by atoms with E-state index in [1.807, 2.05) is 4.72 Å². The van der Waals surface area contributed by atoms with Crippen LogP contribution in [0.3, 0.4) is 0 Å². The van der Waals surface area contributed by atoms with Gasteiger partial charge in [0.1, 0.15) is 5.88 Å². The molecule has 6 nitrogen and oxygen atoms in total. The molecule has 0 radical (unpaired) electrons. The number of amides is 2. The van der Waals surface area contributed by atoms with Gasteiger partial charge in [-0.25, -0.2) is 17.9 Å². The first-order valence-electron chi connectivity index (χ1n) is 7.63. The van der Waals surface area contributed by atoms with Gasteiger partial charge in [-0.05, 0) is 67.8 Å². The molecule has 0 saturated heterocycles. The molecule has 1 aromatic rings. The van der Waals surface area contributed by atoms with Crippen LogP contribution in [0.15, 0.2) is 6.07 Å². The van der Waals surface area contributed by atoms with E-state index in [2.05, 4.69) is 16.7 Å². The number of anilines is 1. The molecule has 2 amide bonds. The number of rotatable bonds is 4. The fourth-order valence-corrected chi connectivity index (χ4v) is 4.26. The van der Waals surface area contributed by atoms with Crippen molar-refractivity contribution in [3.63, 3.8) is 0 Å². The van der Waals surface area contributed by atoms with Crippen LogP contribution in [0.2, 0.25) is 0 Å². The monoisotopic (exact) mass is 323 g/mol. The lowest BCUT2D eigenvalue weighted by Crippen LogP contribution is -2.39. The van der Waals surface area contributed by atoms with Crippen molar-refractivity contribution in [1.29, 1.82) is 0 Å². The van der Waals surface area contributed by atoms with E-state index < -0.39 is 16.1 Å². The quantitative estimate of drug-likeness (QED) is 0.779. The standard InChI is InChI=1S/C15H21N3O3S/c1-16-9-22(20,21)18-15(19)17-14-12-6-2-4-10(12)8-11-5-3-7-13(11)14/h8,16H,2-7,9H2,1H3,(H2,17,18,19). The Balaban J connectivity index is 1.85. The minimum atomic E-state index is -3.65. The molecule has 0 unspecified atom stereocenters. The molecule has 0 spiro atoms. The molecule has 0 fully saturated rings. The zero-order valence-electron chi connectivity index (χ0n) is 12.7. The maximum Gasteiger partial charge on any atom is 0.332 e. The number of nitrogens with one attached hydrogen (secondary N) is 3. The third-order valence-electron chi connectivity index (χ3n) is 4.29. The minimum absolute atomic E-state index is 0.286. The second-order valence-corrected chi connectivity index (χ2v) is 7.63. The van der Waals surface area contributed by atoms with Crippen molar-refractivity contribution in [2.75, 3.05) is 18.2 Å². The zero-order valence-corrected chi connectivity index (χ0v) is 13.5. The van der Waals surface area contributed by atoms with Crippen LogP contribution in [0, 0.1) is 0 Å². The Kier molecular flexibility index (Phi) is 4.10. The molecule has 120 valence electrons. The molecule has 3 N–H and O–H groups in total. The molecule has 2 aliphatic carbocycles. The summed E-state index contributed by atoms with van der Waals surface area (Å²) in [4.78, 5) is 12.1. The summed E-state index contributed by atoms with van der Waals surface area (Å²) < 4.78 is 25.4. The van der Waals surface area contributed by atoms with E-state index >= 15 is 0 Å². The van der Waals surface area contributed by atoms with Gasteiger partial charge in [-0.3, -0.25) is 0 Å². The van der Waals surface area contributed by atoms with E-state index in [0.29, 0.717) is 0 Å². The van der Waals surface area contributed by atoms with Crippen molar-refractivity contribution in [3.8, 4) is 0 Å². The number of urea groups is 1. The van der Waals surface area contributed by atoms with Crippen molar-refractivity contribution in [3.05, 3.63) is 28.3 Å². The molecule has 2 aliphatic rings. The van der Waals surface area contributed by atoms with Crippen molar-refractivity contribution in [2.24, 2.45) is 0 Å². The number of carbonyl (C=O) groups excluding carboxylic acids is 1. The van der Waals surface area contributed by atoms with Gasteiger partial charge in [0.25, 0.3) is 0 Å². The fraction of sp³-hybridized carbons (Fsp3) is 0.533. The van der Waals surface area contributed by atoms with Gasteiger partial charge in [0.2, 0.25) is 10.0 Å². The van der Waals surface area contributed by atoms with Gasteiger partial charge in [-0.2, -0.15) is 0 Å². The summed E-state index contributed by atoms with van der Waals surface area (Å²) in [6, 6.07) is 1.59. The second-order valence-electron chi connectivity index (χ2n) is 5.90. The van der Waals surface area contributed by atoms with Gasteiger partial charge >= 0.3 is 6.03 Å². The summed E-state index contributed by atoms with van der Waals surface area (Å²) in [6.07, 6.45) is 6.15. The molecule has 0 aliphatic heterocycles. The SMILES string of the molecule is CNCS(=O)(=O)NC(=O)Nc1c2c(cc3c1CCC3)CCC2. The van der Waals surface area contributed by atoms with Crippen molar-refractivity contribution in [2.45, 2.75) is 38.5 Å². The molecular weight excluding hydrogens is 302 g/mol. The van der Waals surface area contributed by atoms with E-state index in [9.17, 15) is 13.2 Å². The summed E-state index contributed by atoms with van der Waals surface area (Å²) in [7, 11) is -2.13. The van der Waals surface area contributed by atoms with Gasteiger partial charge in [0.15, 0.2) is 0 Å². The zero-order chi connectivity index (χ0) is 15.7. The molecule has 7 heteroatoms. The fourth-order valence-electron chi connectivity index (χ4n) is 3.47. The highest BCUT2D eigenvalue weighted by molar-refractivity contribution is 7.90. The highest BCUT2D eigenvalue weighted by Crippen LogP contribution is 2.38. The van der Waals surface area contributed by atoms with Crippen LogP contribution in [0.25, 0.3) is 0 Å². The lowest BCUT2D eigenvalue weighted by molar-refractivity contribution is 0.256. The van der Waals surface area contributed by atoms with E-state index in [1.165, 1.54) is 29.3 Å². The van der Waals surface area contributed by atoms with E-state index in [0.717, 1.165) is 44.2 Å². The molecule has 1 aromatic carbocycles. The van der Waals surface area contributed by atoms with Crippen LogP contribution in [0.4, 0.5) is 10.5 Å². The molecule has 0 heterocycles. The summed E-state index contributed by atoms with van der Waals surface area (Å²) in [5, 5.41) is 5.33. The molecule has 22 heavy (non-hydrogen) atoms. The number of hydrogen-bond donors (Lipinski definition) is 3. The molecule has 0 saturated carbocycles. The van der Waals surface area contributed by atoms with Gasteiger partial charge in [-0.15, -0.1) is 0 Å². The van der Waals surface area contributed by atoms with Crippen LogP contribution < -0.4 is 15.4 Å². The summed E-state index contributed by atoms with van der Waals surface area (Å²) in [5.74, 6) is -0.286. The number of aryl methyl sites for hydroxylation is 2. The average molecular weight is 323 g/mol. The topological polar surface area (TPSA) is 87.3 Å². The summed E-state index contributed by atoms with van der Waals surface area (Å²) in [6.45, 7) is 0. The molecular formula is C15H21N3O3S. The largest absolute Gasteiger partial charge is 0.332 e. The summed E-state index contributed by atoms with van der Waals surface area (Å²) in [5.41, 5.74) is 5.81. The Morgan fingerprint density at radius 3 is 2.23 bits per heavy atom. The third kappa shape index (κ3) is 2.96. The smallest absolute Gasteiger partial charge is 0.307 e. The van der Waals surface area contributed by atoms with E-state index in [-0.39, 0.29) is 5.88 Å². The Morgan fingerprint density at radius 2 is 1.68 bits per heavy atom. The maximum atomic E-state index is 12.1.